The Kier molecular flexibility index (Phi) is 8.00. The van der Waals surface area contributed by atoms with Gasteiger partial charge in [-0.05, 0) is 90.1 Å². The summed E-state index contributed by atoms with van der Waals surface area (Å²) in [5.74, 6) is 1.31. The minimum Gasteiger partial charge on any atom is -0.463 e. The minimum absolute atomic E-state index is 0.0258. The lowest BCUT2D eigenvalue weighted by Gasteiger charge is -2.34. The molecule has 1 aliphatic carbocycles. The second-order valence-electron chi connectivity index (χ2n) is 9.20. The first-order valence-corrected chi connectivity index (χ1v) is 11.5. The molecule has 2 aliphatic heterocycles. The lowest BCUT2D eigenvalue weighted by Crippen LogP contribution is -2.41. The Bertz CT molecular complexity index is 511. The lowest BCUT2D eigenvalue weighted by molar-refractivity contribution is -0.147. The van der Waals surface area contributed by atoms with E-state index in [-0.39, 0.29) is 18.1 Å². The number of carbonyl (C=O) groups excluding carboxylic acids is 2. The smallest absolute Gasteiger partial charge is 0.320 e. The van der Waals surface area contributed by atoms with Crippen molar-refractivity contribution in [3.05, 3.63) is 0 Å². The van der Waals surface area contributed by atoms with Gasteiger partial charge in [0.25, 0.3) is 0 Å². The molecule has 0 bridgehead atoms. The third kappa shape index (κ3) is 6.10. The number of carbonyl (C=O) groups is 2. The topological polar surface area (TPSA) is 61.9 Å². The molecule has 3 fully saturated rings. The minimum atomic E-state index is -0.0729. The lowest BCUT2D eigenvalue weighted by atomic mass is 9.83. The van der Waals surface area contributed by atoms with Crippen LogP contribution in [0, 0.1) is 11.8 Å². The predicted octanol–water partition coefficient (Wildman–Crippen LogP) is 3.40. The van der Waals surface area contributed by atoms with Gasteiger partial charge in [-0.25, -0.2) is 4.79 Å². The highest BCUT2D eigenvalue weighted by molar-refractivity contribution is 5.76. The number of urea groups is 1. The molecule has 0 spiro atoms. The molecule has 6 heteroatoms. The van der Waals surface area contributed by atoms with Crippen molar-refractivity contribution in [2.75, 3.05) is 32.7 Å². The van der Waals surface area contributed by atoms with Gasteiger partial charge < -0.3 is 19.9 Å². The number of rotatable bonds is 8. The Morgan fingerprint density at radius 1 is 1.04 bits per heavy atom. The molecule has 0 aromatic carbocycles. The van der Waals surface area contributed by atoms with E-state index in [4.69, 9.17) is 4.74 Å². The fourth-order valence-corrected chi connectivity index (χ4v) is 5.05. The average Bonchev–Trinajstić information content (AvgIpc) is 3.06. The van der Waals surface area contributed by atoms with Gasteiger partial charge in [0, 0.05) is 32.1 Å². The van der Waals surface area contributed by atoms with E-state index >= 15 is 0 Å². The molecule has 0 atom stereocenters. The molecule has 3 aliphatic rings. The number of ether oxygens (including phenoxy) is 1. The van der Waals surface area contributed by atoms with Crippen LogP contribution in [-0.4, -0.2) is 66.7 Å². The van der Waals surface area contributed by atoms with Crippen LogP contribution >= 0.6 is 0 Å². The zero-order chi connectivity index (χ0) is 19.9. The Labute approximate surface area is 170 Å². The van der Waals surface area contributed by atoms with Gasteiger partial charge in [-0.3, -0.25) is 4.79 Å². The van der Waals surface area contributed by atoms with E-state index in [1.165, 1.54) is 12.8 Å². The molecule has 1 N–H and O–H groups in total. The molecule has 160 valence electrons. The van der Waals surface area contributed by atoms with Crippen LogP contribution in [-0.2, 0) is 9.53 Å². The molecule has 0 aromatic heterocycles. The molecule has 6 nitrogen and oxygen atoms in total. The fraction of sp³-hybridized carbons (Fsp3) is 0.909. The van der Waals surface area contributed by atoms with Gasteiger partial charge in [0.1, 0.15) is 0 Å². The number of piperidine rings is 1. The van der Waals surface area contributed by atoms with Crippen molar-refractivity contribution in [3.8, 4) is 0 Å². The Morgan fingerprint density at radius 3 is 2.39 bits per heavy atom. The van der Waals surface area contributed by atoms with Crippen LogP contribution in [0.3, 0.4) is 0 Å². The van der Waals surface area contributed by atoms with E-state index in [1.54, 1.807) is 0 Å². The molecule has 0 aromatic rings. The summed E-state index contributed by atoms with van der Waals surface area (Å²) in [6.07, 6.45) is 9.49. The number of nitrogens with zero attached hydrogens (tertiary/aromatic N) is 2. The van der Waals surface area contributed by atoms with Crippen LogP contribution in [0.1, 0.15) is 71.6 Å². The highest BCUT2D eigenvalue weighted by Crippen LogP contribution is 2.32. The first-order chi connectivity index (χ1) is 13.5. The monoisotopic (exact) mass is 393 g/mol. The van der Waals surface area contributed by atoms with E-state index in [0.29, 0.717) is 18.4 Å². The van der Waals surface area contributed by atoms with Crippen molar-refractivity contribution in [2.24, 2.45) is 11.8 Å². The zero-order valence-corrected chi connectivity index (χ0v) is 17.8. The summed E-state index contributed by atoms with van der Waals surface area (Å²) in [5.41, 5.74) is 0. The first kappa shape index (κ1) is 21.4. The maximum Gasteiger partial charge on any atom is 0.320 e. The molecule has 2 saturated heterocycles. The summed E-state index contributed by atoms with van der Waals surface area (Å²) < 4.78 is 5.24. The summed E-state index contributed by atoms with van der Waals surface area (Å²) in [5, 5.41) is 3.41. The Balaban J connectivity index is 1.35. The standard InChI is InChI=1S/C22H39N3O3/c1-17(2)28-21(26)8-5-18-3-6-20(7-4-18)25-16-15-24(22(25)27)14-11-19-9-12-23-13-10-19/h17-20,23H,3-16H2,1-2H3. The number of hydrogen-bond acceptors (Lipinski definition) is 4. The number of esters is 1. The second-order valence-corrected chi connectivity index (χ2v) is 9.20. The summed E-state index contributed by atoms with van der Waals surface area (Å²) >= 11 is 0. The van der Waals surface area contributed by atoms with Crippen LogP contribution in [0.4, 0.5) is 4.79 Å². The summed E-state index contributed by atoms with van der Waals surface area (Å²) in [6.45, 7) is 8.75. The van der Waals surface area contributed by atoms with E-state index in [0.717, 1.165) is 77.2 Å². The molecule has 1 saturated carbocycles. The summed E-state index contributed by atoms with van der Waals surface area (Å²) in [7, 11) is 0. The van der Waals surface area contributed by atoms with Crippen LogP contribution in [0.2, 0.25) is 0 Å². The van der Waals surface area contributed by atoms with E-state index in [2.05, 4.69) is 15.1 Å². The molecule has 28 heavy (non-hydrogen) atoms. The normalized spacial score (nSPS) is 26.9. The Morgan fingerprint density at radius 2 is 1.71 bits per heavy atom. The van der Waals surface area contributed by atoms with E-state index < -0.39 is 0 Å². The highest BCUT2D eigenvalue weighted by atomic mass is 16.5. The van der Waals surface area contributed by atoms with Gasteiger partial charge in [0.15, 0.2) is 0 Å². The van der Waals surface area contributed by atoms with Crippen molar-refractivity contribution < 1.29 is 14.3 Å². The number of hydrogen-bond donors (Lipinski definition) is 1. The summed E-state index contributed by atoms with van der Waals surface area (Å²) in [6, 6.07) is 0.660. The number of nitrogens with one attached hydrogen (secondary N) is 1. The van der Waals surface area contributed by atoms with Crippen molar-refractivity contribution >= 4 is 12.0 Å². The largest absolute Gasteiger partial charge is 0.463 e. The van der Waals surface area contributed by atoms with Gasteiger partial charge in [-0.1, -0.05) is 0 Å². The zero-order valence-electron chi connectivity index (χ0n) is 17.8. The third-order valence-electron chi connectivity index (χ3n) is 6.77. The van der Waals surface area contributed by atoms with Crippen LogP contribution < -0.4 is 5.32 Å². The second kappa shape index (κ2) is 10.5. The quantitative estimate of drug-likeness (QED) is 0.642. The van der Waals surface area contributed by atoms with Gasteiger partial charge in [-0.2, -0.15) is 0 Å². The molecule has 0 radical (unpaired) electrons. The maximum absolute atomic E-state index is 12.9. The molecule has 2 amide bonds. The van der Waals surface area contributed by atoms with Crippen molar-refractivity contribution in [3.63, 3.8) is 0 Å². The van der Waals surface area contributed by atoms with Crippen LogP contribution in [0.5, 0.6) is 0 Å². The highest BCUT2D eigenvalue weighted by Gasteiger charge is 2.35. The summed E-state index contributed by atoms with van der Waals surface area (Å²) in [4.78, 5) is 28.8. The van der Waals surface area contributed by atoms with Crippen molar-refractivity contribution in [1.82, 2.24) is 15.1 Å². The van der Waals surface area contributed by atoms with E-state index in [1.807, 2.05) is 13.8 Å². The molecular weight excluding hydrogens is 354 g/mol. The number of amides is 2. The van der Waals surface area contributed by atoms with Gasteiger partial charge in [-0.15, -0.1) is 0 Å². The first-order valence-electron chi connectivity index (χ1n) is 11.5. The molecule has 0 unspecified atom stereocenters. The molecular formula is C22H39N3O3. The maximum atomic E-state index is 12.9. The van der Waals surface area contributed by atoms with Crippen LogP contribution in [0.15, 0.2) is 0 Å². The van der Waals surface area contributed by atoms with Crippen molar-refractivity contribution in [1.29, 1.82) is 0 Å². The van der Waals surface area contributed by atoms with Crippen LogP contribution in [0.25, 0.3) is 0 Å². The van der Waals surface area contributed by atoms with Gasteiger partial charge >= 0.3 is 12.0 Å². The van der Waals surface area contributed by atoms with Gasteiger partial charge in [0.2, 0.25) is 0 Å². The SMILES string of the molecule is CC(C)OC(=O)CCC1CCC(N2CCN(CCC3CCNCC3)C2=O)CC1. The molecule has 2 heterocycles. The predicted molar refractivity (Wildman–Crippen MR) is 110 cm³/mol. The fourth-order valence-electron chi connectivity index (χ4n) is 5.05. The Hall–Kier alpha value is -1.30. The average molecular weight is 394 g/mol. The third-order valence-corrected chi connectivity index (χ3v) is 6.77. The van der Waals surface area contributed by atoms with Gasteiger partial charge in [0.05, 0.1) is 6.10 Å². The van der Waals surface area contributed by atoms with Crippen molar-refractivity contribution in [2.45, 2.75) is 83.8 Å². The molecule has 3 rings (SSSR count). The van der Waals surface area contributed by atoms with E-state index in [9.17, 15) is 9.59 Å².